The number of nitrogens with zero attached hydrogens (tertiary/aromatic N) is 1. The third kappa shape index (κ3) is 4.66. The smallest absolute Gasteiger partial charge is 0.306 e. The fourth-order valence-corrected chi connectivity index (χ4v) is 4.88. The predicted octanol–water partition coefficient (Wildman–Crippen LogP) is 1.08. The summed E-state index contributed by atoms with van der Waals surface area (Å²) in [4.78, 5) is 23.5. The number of hydrogen-bond donors (Lipinski definition) is 2. The molecule has 0 spiro atoms. The fraction of sp³-hybridized carbons (Fsp3) is 0.556. The second-order valence-electron chi connectivity index (χ2n) is 6.90. The average molecular weight is 396 g/mol. The van der Waals surface area contributed by atoms with Crippen molar-refractivity contribution in [2.45, 2.75) is 36.6 Å². The highest BCUT2D eigenvalue weighted by Crippen LogP contribution is 2.25. The number of aliphatic carboxylic acids is 1. The molecular formula is C18H24N2O6S. The standard InChI is InChI=1S/C18H24N2O6S/c21-17(19-15-5-1-14(2-6-15)18(22)23)13-3-7-16(8-4-13)27(24,25)20-9-11-26-12-10-20/h3-4,7-8,14-15H,1-2,5-6,9-12H2,(H,19,21)(H,22,23). The van der Waals surface area contributed by atoms with Crippen molar-refractivity contribution in [3.8, 4) is 0 Å². The lowest BCUT2D eigenvalue weighted by atomic mass is 9.86. The lowest BCUT2D eigenvalue weighted by molar-refractivity contribution is -0.142. The number of morpholine rings is 1. The van der Waals surface area contributed by atoms with Crippen LogP contribution in [-0.2, 0) is 19.6 Å². The van der Waals surface area contributed by atoms with E-state index in [1.165, 1.54) is 28.6 Å². The van der Waals surface area contributed by atoms with Crippen molar-refractivity contribution in [3.05, 3.63) is 29.8 Å². The third-order valence-corrected chi connectivity index (χ3v) is 7.05. The zero-order valence-electron chi connectivity index (χ0n) is 15.0. The van der Waals surface area contributed by atoms with Crippen molar-refractivity contribution in [1.29, 1.82) is 0 Å². The van der Waals surface area contributed by atoms with Crippen molar-refractivity contribution in [2.24, 2.45) is 5.92 Å². The second-order valence-corrected chi connectivity index (χ2v) is 8.84. The number of nitrogens with one attached hydrogen (secondary N) is 1. The molecule has 1 aliphatic heterocycles. The molecule has 3 rings (SSSR count). The van der Waals surface area contributed by atoms with Gasteiger partial charge in [-0.3, -0.25) is 9.59 Å². The Morgan fingerprint density at radius 3 is 2.19 bits per heavy atom. The SMILES string of the molecule is O=C(NC1CCC(C(=O)O)CC1)c1ccc(S(=O)(=O)N2CCOCC2)cc1. The zero-order chi connectivity index (χ0) is 19.4. The van der Waals surface area contributed by atoms with Crippen molar-refractivity contribution in [3.63, 3.8) is 0 Å². The van der Waals surface area contributed by atoms with Crippen LogP contribution < -0.4 is 5.32 Å². The quantitative estimate of drug-likeness (QED) is 0.770. The van der Waals surface area contributed by atoms with E-state index in [1.807, 2.05) is 0 Å². The summed E-state index contributed by atoms with van der Waals surface area (Å²) in [6, 6.07) is 5.85. The van der Waals surface area contributed by atoms with Crippen LogP contribution in [0.25, 0.3) is 0 Å². The first-order valence-corrected chi connectivity index (χ1v) is 10.5. The summed E-state index contributed by atoms with van der Waals surface area (Å²) in [6.07, 6.45) is 2.37. The molecule has 0 bridgehead atoms. The molecular weight excluding hydrogens is 372 g/mol. The van der Waals surface area contributed by atoms with Crippen LogP contribution >= 0.6 is 0 Å². The van der Waals surface area contributed by atoms with Gasteiger partial charge in [-0.15, -0.1) is 0 Å². The summed E-state index contributed by atoms with van der Waals surface area (Å²) in [5.74, 6) is -1.39. The number of carbonyl (C=O) groups is 2. The normalized spacial score (nSPS) is 24.3. The molecule has 0 unspecified atom stereocenters. The Morgan fingerprint density at radius 1 is 1.04 bits per heavy atom. The minimum atomic E-state index is -3.58. The van der Waals surface area contributed by atoms with Crippen LogP contribution in [0.15, 0.2) is 29.2 Å². The van der Waals surface area contributed by atoms with E-state index in [0.29, 0.717) is 57.6 Å². The van der Waals surface area contributed by atoms with Gasteiger partial charge in [-0.25, -0.2) is 8.42 Å². The summed E-state index contributed by atoms with van der Waals surface area (Å²) in [5, 5.41) is 11.9. The molecule has 1 aromatic carbocycles. The van der Waals surface area contributed by atoms with Crippen molar-refractivity contribution < 1.29 is 27.9 Å². The first kappa shape index (κ1) is 19.8. The Hall–Kier alpha value is -1.97. The minimum absolute atomic E-state index is 0.0511. The number of sulfonamides is 1. The topological polar surface area (TPSA) is 113 Å². The average Bonchev–Trinajstić information content (AvgIpc) is 2.69. The highest BCUT2D eigenvalue weighted by atomic mass is 32.2. The van der Waals surface area contributed by atoms with E-state index >= 15 is 0 Å². The molecule has 27 heavy (non-hydrogen) atoms. The summed E-state index contributed by atoms with van der Waals surface area (Å²) in [5.41, 5.74) is 0.385. The van der Waals surface area contributed by atoms with E-state index in [4.69, 9.17) is 9.84 Å². The van der Waals surface area contributed by atoms with Gasteiger partial charge in [0.05, 0.1) is 24.0 Å². The van der Waals surface area contributed by atoms with Gasteiger partial charge in [0.25, 0.3) is 5.91 Å². The molecule has 1 saturated heterocycles. The molecule has 1 aromatic rings. The number of carboxylic acids is 1. The lowest BCUT2D eigenvalue weighted by Crippen LogP contribution is -2.40. The molecule has 1 aliphatic carbocycles. The maximum Gasteiger partial charge on any atom is 0.306 e. The van der Waals surface area contributed by atoms with Gasteiger partial charge in [0, 0.05) is 24.7 Å². The molecule has 0 radical (unpaired) electrons. The van der Waals surface area contributed by atoms with Crippen LogP contribution in [0.3, 0.4) is 0 Å². The Kier molecular flexibility index (Phi) is 6.13. The number of rotatable bonds is 5. The van der Waals surface area contributed by atoms with Gasteiger partial charge >= 0.3 is 5.97 Å². The number of hydrogen-bond acceptors (Lipinski definition) is 5. The third-order valence-electron chi connectivity index (χ3n) is 5.14. The van der Waals surface area contributed by atoms with Crippen molar-refractivity contribution in [2.75, 3.05) is 26.3 Å². The van der Waals surface area contributed by atoms with E-state index in [9.17, 15) is 18.0 Å². The molecule has 8 nitrogen and oxygen atoms in total. The molecule has 148 valence electrons. The second kappa shape index (κ2) is 8.37. The van der Waals surface area contributed by atoms with Crippen molar-refractivity contribution in [1.82, 2.24) is 9.62 Å². The van der Waals surface area contributed by atoms with Crippen LogP contribution in [0.4, 0.5) is 0 Å². The monoisotopic (exact) mass is 396 g/mol. The number of ether oxygens (including phenoxy) is 1. The van der Waals surface area contributed by atoms with Gasteiger partial charge in [-0.1, -0.05) is 0 Å². The van der Waals surface area contributed by atoms with E-state index in [0.717, 1.165) is 0 Å². The van der Waals surface area contributed by atoms with Gasteiger partial charge in [0.1, 0.15) is 0 Å². The maximum absolute atomic E-state index is 12.6. The molecule has 1 heterocycles. The van der Waals surface area contributed by atoms with E-state index in [1.54, 1.807) is 0 Å². The molecule has 0 aromatic heterocycles. The van der Waals surface area contributed by atoms with Gasteiger partial charge in [-0.05, 0) is 49.9 Å². The largest absolute Gasteiger partial charge is 0.481 e. The summed E-state index contributed by atoms with van der Waals surface area (Å²) < 4.78 is 31.7. The first-order chi connectivity index (χ1) is 12.9. The molecule has 1 saturated carbocycles. The lowest BCUT2D eigenvalue weighted by Gasteiger charge is -2.27. The van der Waals surface area contributed by atoms with E-state index in [2.05, 4.69) is 5.32 Å². The number of amides is 1. The maximum atomic E-state index is 12.6. The van der Waals surface area contributed by atoms with Crippen LogP contribution in [0, 0.1) is 5.92 Å². The number of carbonyl (C=O) groups excluding carboxylic acids is 1. The van der Waals surface area contributed by atoms with Crippen LogP contribution in [0.2, 0.25) is 0 Å². The van der Waals surface area contributed by atoms with E-state index < -0.39 is 16.0 Å². The fourth-order valence-electron chi connectivity index (χ4n) is 3.47. The highest BCUT2D eigenvalue weighted by molar-refractivity contribution is 7.89. The predicted molar refractivity (Wildman–Crippen MR) is 96.9 cm³/mol. The molecule has 1 amide bonds. The molecule has 2 aliphatic rings. The van der Waals surface area contributed by atoms with Gasteiger partial charge in [0.15, 0.2) is 0 Å². The Labute approximate surface area is 158 Å². The summed E-state index contributed by atoms with van der Waals surface area (Å²) >= 11 is 0. The highest BCUT2D eigenvalue weighted by Gasteiger charge is 2.28. The van der Waals surface area contributed by atoms with Crippen LogP contribution in [0.1, 0.15) is 36.0 Å². The van der Waals surface area contributed by atoms with E-state index in [-0.39, 0.29) is 22.8 Å². The summed E-state index contributed by atoms with van der Waals surface area (Å²) in [7, 11) is -3.58. The minimum Gasteiger partial charge on any atom is -0.481 e. The number of benzene rings is 1. The number of carboxylic acid groups (broad SMARTS) is 1. The Balaban J connectivity index is 1.60. The summed E-state index contributed by atoms with van der Waals surface area (Å²) in [6.45, 7) is 1.40. The van der Waals surface area contributed by atoms with Crippen LogP contribution in [0.5, 0.6) is 0 Å². The van der Waals surface area contributed by atoms with Crippen molar-refractivity contribution >= 4 is 21.9 Å². The van der Waals surface area contributed by atoms with Crippen LogP contribution in [-0.4, -0.2) is 62.1 Å². The zero-order valence-corrected chi connectivity index (χ0v) is 15.8. The van der Waals surface area contributed by atoms with Gasteiger partial charge in [-0.2, -0.15) is 4.31 Å². The molecule has 0 atom stereocenters. The first-order valence-electron chi connectivity index (χ1n) is 9.09. The Bertz CT molecular complexity index is 779. The van der Waals surface area contributed by atoms with Gasteiger partial charge in [0.2, 0.25) is 10.0 Å². The molecule has 2 N–H and O–H groups in total. The molecule has 2 fully saturated rings. The molecule has 9 heteroatoms. The van der Waals surface area contributed by atoms with Gasteiger partial charge < -0.3 is 15.2 Å². The Morgan fingerprint density at radius 2 is 1.63 bits per heavy atom.